The summed E-state index contributed by atoms with van der Waals surface area (Å²) in [6, 6.07) is 5.12. The van der Waals surface area contributed by atoms with E-state index in [0.717, 1.165) is 4.90 Å². The number of carboxylic acid groups (broad SMARTS) is 1. The highest BCUT2D eigenvalue weighted by Crippen LogP contribution is 2.09. The highest BCUT2D eigenvalue weighted by atomic mass is 19.3. The molecule has 1 N–H and O–H groups in total. The highest BCUT2D eigenvalue weighted by molar-refractivity contribution is 5.95. The summed E-state index contributed by atoms with van der Waals surface area (Å²) < 4.78 is 29.7. The zero-order valence-corrected chi connectivity index (χ0v) is 10.9. The Balaban J connectivity index is 2.84. The average Bonchev–Trinajstić information content (AvgIpc) is 2.42. The Hall–Kier alpha value is -2.02. The first-order valence-electron chi connectivity index (χ1n) is 5.85. The highest BCUT2D eigenvalue weighted by Gasteiger charge is 2.19. The lowest BCUT2D eigenvalue weighted by Crippen LogP contribution is -2.37. The molecule has 1 aromatic rings. The molecule has 0 atom stereocenters. The van der Waals surface area contributed by atoms with Gasteiger partial charge in [-0.3, -0.25) is 4.79 Å². The molecule has 0 aliphatic rings. The van der Waals surface area contributed by atoms with Crippen LogP contribution in [0.3, 0.4) is 0 Å². The van der Waals surface area contributed by atoms with E-state index in [1.54, 1.807) is 0 Å². The van der Waals surface area contributed by atoms with E-state index in [0.29, 0.717) is 0 Å². The summed E-state index contributed by atoms with van der Waals surface area (Å²) in [7, 11) is 1.41. The molecular formula is C13H15F2NO4. The molecule has 0 unspecified atom stereocenters. The van der Waals surface area contributed by atoms with Crippen LogP contribution in [-0.2, 0) is 4.74 Å². The van der Waals surface area contributed by atoms with Crippen molar-refractivity contribution in [3.8, 4) is 0 Å². The van der Waals surface area contributed by atoms with Crippen molar-refractivity contribution in [1.29, 1.82) is 0 Å². The number of carbonyl (C=O) groups excluding carboxylic acids is 1. The Kier molecular flexibility index (Phi) is 6.05. The minimum Gasteiger partial charge on any atom is -0.478 e. The first-order chi connectivity index (χ1) is 9.45. The van der Waals surface area contributed by atoms with E-state index in [2.05, 4.69) is 0 Å². The molecule has 5 nitrogen and oxygen atoms in total. The number of aromatic carboxylic acids is 1. The molecule has 0 fully saturated rings. The van der Waals surface area contributed by atoms with Crippen LogP contribution in [0.25, 0.3) is 0 Å². The van der Waals surface area contributed by atoms with Crippen molar-refractivity contribution in [3.05, 3.63) is 35.4 Å². The number of hydrogen-bond acceptors (Lipinski definition) is 3. The van der Waals surface area contributed by atoms with E-state index in [-0.39, 0.29) is 24.3 Å². The molecular weight excluding hydrogens is 272 g/mol. The van der Waals surface area contributed by atoms with Gasteiger partial charge in [0.2, 0.25) is 0 Å². The van der Waals surface area contributed by atoms with Crippen LogP contribution in [0.2, 0.25) is 0 Å². The third-order valence-corrected chi connectivity index (χ3v) is 2.59. The molecule has 0 bridgehead atoms. The molecule has 0 spiro atoms. The van der Waals surface area contributed by atoms with Gasteiger partial charge in [-0.25, -0.2) is 13.6 Å². The number of halogens is 2. The average molecular weight is 287 g/mol. The summed E-state index contributed by atoms with van der Waals surface area (Å²) in [6.45, 7) is -0.505. The smallest absolute Gasteiger partial charge is 0.335 e. The first-order valence-corrected chi connectivity index (χ1v) is 5.85. The Bertz CT molecular complexity index is 462. The maximum absolute atomic E-state index is 12.4. The van der Waals surface area contributed by atoms with Gasteiger partial charge in [0.15, 0.2) is 0 Å². The molecule has 20 heavy (non-hydrogen) atoms. The Labute approximate surface area is 114 Å². The predicted octanol–water partition coefficient (Wildman–Crippen LogP) is 1.74. The summed E-state index contributed by atoms with van der Waals surface area (Å²) in [6.07, 6.45) is -2.64. The van der Waals surface area contributed by atoms with Crippen molar-refractivity contribution in [2.24, 2.45) is 0 Å². The van der Waals surface area contributed by atoms with Gasteiger partial charge in [0, 0.05) is 19.2 Å². The topological polar surface area (TPSA) is 66.8 Å². The van der Waals surface area contributed by atoms with Gasteiger partial charge in [-0.05, 0) is 24.3 Å². The monoisotopic (exact) mass is 287 g/mol. The fourth-order valence-corrected chi connectivity index (χ4v) is 1.58. The quantitative estimate of drug-likeness (QED) is 0.829. The normalized spacial score (nSPS) is 10.6. The van der Waals surface area contributed by atoms with Gasteiger partial charge < -0.3 is 14.7 Å². The maximum Gasteiger partial charge on any atom is 0.335 e. The van der Waals surface area contributed by atoms with Crippen molar-refractivity contribution in [3.63, 3.8) is 0 Å². The number of alkyl halides is 2. The van der Waals surface area contributed by atoms with E-state index in [1.807, 2.05) is 0 Å². The van der Waals surface area contributed by atoms with Crippen LogP contribution in [-0.4, -0.2) is 55.1 Å². The van der Waals surface area contributed by atoms with Gasteiger partial charge in [-0.1, -0.05) is 0 Å². The summed E-state index contributed by atoms with van der Waals surface area (Å²) in [5.41, 5.74) is 0.186. The predicted molar refractivity (Wildman–Crippen MR) is 67.2 cm³/mol. The molecule has 110 valence electrons. The molecule has 7 heteroatoms. The number of rotatable bonds is 7. The molecule has 0 radical (unpaired) electrons. The SMILES string of the molecule is COCCN(CC(F)F)C(=O)c1ccc(C(=O)O)cc1. The number of nitrogens with zero attached hydrogens (tertiary/aromatic N) is 1. The van der Waals surface area contributed by atoms with Gasteiger partial charge in [0.1, 0.15) is 0 Å². The lowest BCUT2D eigenvalue weighted by Gasteiger charge is -2.22. The van der Waals surface area contributed by atoms with Crippen LogP contribution in [0.1, 0.15) is 20.7 Å². The number of benzene rings is 1. The lowest BCUT2D eigenvalue weighted by molar-refractivity contribution is 0.0478. The van der Waals surface area contributed by atoms with E-state index < -0.39 is 24.8 Å². The maximum atomic E-state index is 12.4. The Morgan fingerprint density at radius 1 is 1.25 bits per heavy atom. The fourth-order valence-electron chi connectivity index (χ4n) is 1.58. The molecule has 1 rings (SSSR count). The number of hydrogen-bond donors (Lipinski definition) is 1. The van der Waals surface area contributed by atoms with Crippen molar-refractivity contribution in [2.45, 2.75) is 6.43 Å². The second-order valence-corrected chi connectivity index (χ2v) is 4.02. The van der Waals surface area contributed by atoms with E-state index in [1.165, 1.54) is 31.4 Å². The zero-order valence-electron chi connectivity index (χ0n) is 10.9. The van der Waals surface area contributed by atoms with Crippen LogP contribution in [0.4, 0.5) is 8.78 Å². The van der Waals surface area contributed by atoms with E-state index in [4.69, 9.17) is 9.84 Å². The largest absolute Gasteiger partial charge is 0.478 e. The minimum absolute atomic E-state index is 0.0267. The molecule has 0 aliphatic carbocycles. The lowest BCUT2D eigenvalue weighted by atomic mass is 10.1. The number of ether oxygens (including phenoxy) is 1. The van der Waals surface area contributed by atoms with Gasteiger partial charge in [0.05, 0.1) is 18.7 Å². The summed E-state index contributed by atoms with van der Waals surface area (Å²) in [4.78, 5) is 23.7. The van der Waals surface area contributed by atoms with Gasteiger partial charge in [0.25, 0.3) is 12.3 Å². The number of amides is 1. The van der Waals surface area contributed by atoms with Crippen LogP contribution >= 0.6 is 0 Å². The fraction of sp³-hybridized carbons (Fsp3) is 0.385. The molecule has 0 heterocycles. The first kappa shape index (κ1) is 16.0. The molecule has 0 aliphatic heterocycles. The van der Waals surface area contributed by atoms with Gasteiger partial charge in [-0.2, -0.15) is 0 Å². The van der Waals surface area contributed by atoms with Crippen molar-refractivity contribution in [2.75, 3.05) is 26.8 Å². The molecule has 1 aromatic carbocycles. The van der Waals surface area contributed by atoms with Gasteiger partial charge >= 0.3 is 5.97 Å². The Morgan fingerprint density at radius 3 is 2.25 bits per heavy atom. The zero-order chi connectivity index (χ0) is 15.1. The molecule has 0 saturated heterocycles. The minimum atomic E-state index is -2.64. The van der Waals surface area contributed by atoms with Crippen LogP contribution in [0, 0.1) is 0 Å². The van der Waals surface area contributed by atoms with Crippen molar-refractivity contribution >= 4 is 11.9 Å². The standard InChI is InChI=1S/C13H15F2NO4/c1-20-7-6-16(8-11(14)15)12(17)9-2-4-10(5-3-9)13(18)19/h2-5,11H,6-8H2,1H3,(H,18,19). The van der Waals surface area contributed by atoms with Gasteiger partial charge in [-0.15, -0.1) is 0 Å². The van der Waals surface area contributed by atoms with E-state index in [9.17, 15) is 18.4 Å². The second-order valence-electron chi connectivity index (χ2n) is 4.02. The third-order valence-electron chi connectivity index (χ3n) is 2.59. The summed E-state index contributed by atoms with van der Waals surface area (Å²) in [5, 5.41) is 8.75. The van der Waals surface area contributed by atoms with Crippen LogP contribution < -0.4 is 0 Å². The number of methoxy groups -OCH3 is 1. The van der Waals surface area contributed by atoms with Crippen molar-refractivity contribution in [1.82, 2.24) is 4.90 Å². The molecule has 1 amide bonds. The number of carboxylic acids is 1. The third kappa shape index (κ3) is 4.58. The molecule has 0 saturated carbocycles. The van der Waals surface area contributed by atoms with Crippen LogP contribution in [0.15, 0.2) is 24.3 Å². The summed E-state index contributed by atoms with van der Waals surface area (Å²) >= 11 is 0. The second kappa shape index (κ2) is 7.54. The Morgan fingerprint density at radius 2 is 1.80 bits per heavy atom. The van der Waals surface area contributed by atoms with E-state index >= 15 is 0 Å². The van der Waals surface area contributed by atoms with Crippen LogP contribution in [0.5, 0.6) is 0 Å². The van der Waals surface area contributed by atoms with Crippen molar-refractivity contribution < 1.29 is 28.2 Å². The summed E-state index contributed by atoms with van der Waals surface area (Å²) in [5.74, 6) is -1.70. The molecule has 0 aromatic heterocycles. The number of carbonyl (C=O) groups is 2.